The summed E-state index contributed by atoms with van der Waals surface area (Å²) in [6, 6.07) is 0. The quantitative estimate of drug-likeness (QED) is 0.728. The van der Waals surface area contributed by atoms with E-state index in [1.807, 2.05) is 0 Å². The van der Waals surface area contributed by atoms with E-state index in [0.717, 1.165) is 6.20 Å². The van der Waals surface area contributed by atoms with Crippen LogP contribution in [0.5, 0.6) is 0 Å². The lowest BCUT2D eigenvalue weighted by Crippen LogP contribution is -2.11. The van der Waals surface area contributed by atoms with Gasteiger partial charge in [-0.3, -0.25) is 9.89 Å². The lowest BCUT2D eigenvalue weighted by atomic mass is 10.1. The third-order valence-electron chi connectivity index (χ3n) is 1.54. The molecule has 0 unspecified atom stereocenters. The van der Waals surface area contributed by atoms with E-state index in [0.29, 0.717) is 0 Å². The highest BCUT2D eigenvalue weighted by Gasteiger charge is 2.36. The Morgan fingerprint density at radius 1 is 1.62 bits per heavy atom. The monoisotopic (exact) mass is 192 g/mol. The van der Waals surface area contributed by atoms with E-state index < -0.39 is 23.2 Å². The summed E-state index contributed by atoms with van der Waals surface area (Å²) in [5.41, 5.74) is -1.46. The molecule has 0 aliphatic heterocycles. The van der Waals surface area contributed by atoms with Crippen LogP contribution in [-0.4, -0.2) is 16.0 Å². The molecule has 0 radical (unpaired) electrons. The van der Waals surface area contributed by atoms with Gasteiger partial charge in [-0.25, -0.2) is 0 Å². The number of aromatic nitrogens is 2. The molecule has 72 valence electrons. The lowest BCUT2D eigenvalue weighted by Gasteiger charge is -2.04. The van der Waals surface area contributed by atoms with Crippen molar-refractivity contribution in [3.8, 4) is 0 Å². The molecular weight excluding hydrogens is 185 g/mol. The predicted molar refractivity (Wildman–Crippen MR) is 38.2 cm³/mol. The Balaban J connectivity index is 3.10. The van der Waals surface area contributed by atoms with E-state index >= 15 is 0 Å². The Morgan fingerprint density at radius 2 is 2.23 bits per heavy atom. The Morgan fingerprint density at radius 3 is 2.69 bits per heavy atom. The van der Waals surface area contributed by atoms with Crippen LogP contribution in [0.3, 0.4) is 0 Å². The zero-order valence-corrected chi connectivity index (χ0v) is 6.77. The number of carbonyl (C=O) groups excluding carboxylic acids is 1. The first-order chi connectivity index (χ1) is 5.96. The lowest BCUT2D eigenvalue weighted by molar-refractivity contribution is -0.141. The Hall–Kier alpha value is -1.33. The van der Waals surface area contributed by atoms with E-state index in [1.54, 1.807) is 5.10 Å². The van der Waals surface area contributed by atoms with Gasteiger partial charge in [0.25, 0.3) is 0 Å². The molecular formula is C7H7F3N2O. The molecule has 0 bridgehead atoms. The number of Topliss-reactive ketones (excluding diaryl/α,β-unsaturated/α-hetero) is 1. The maximum atomic E-state index is 12.2. The van der Waals surface area contributed by atoms with Crippen LogP contribution >= 0.6 is 0 Å². The van der Waals surface area contributed by atoms with Gasteiger partial charge in [0.2, 0.25) is 0 Å². The third-order valence-corrected chi connectivity index (χ3v) is 1.54. The molecule has 0 saturated carbocycles. The topological polar surface area (TPSA) is 45.8 Å². The van der Waals surface area contributed by atoms with E-state index in [4.69, 9.17) is 0 Å². The van der Waals surface area contributed by atoms with Crippen LogP contribution in [0, 0.1) is 0 Å². The number of carbonyl (C=O) groups is 1. The second-order valence-corrected chi connectivity index (χ2v) is 2.43. The highest BCUT2D eigenvalue weighted by Crippen LogP contribution is 2.30. The van der Waals surface area contributed by atoms with E-state index in [-0.39, 0.29) is 6.42 Å². The van der Waals surface area contributed by atoms with Crippen LogP contribution in [0.25, 0.3) is 0 Å². The molecule has 0 aromatic carbocycles. The molecule has 0 aliphatic carbocycles. The van der Waals surface area contributed by atoms with Gasteiger partial charge in [0.05, 0.1) is 11.8 Å². The summed E-state index contributed by atoms with van der Waals surface area (Å²) in [5.74, 6) is -0.568. The molecule has 1 N–H and O–H groups in total. The van der Waals surface area contributed by atoms with Gasteiger partial charge in [-0.2, -0.15) is 18.3 Å². The number of nitrogens with zero attached hydrogens (tertiary/aromatic N) is 1. The molecule has 0 fully saturated rings. The molecule has 13 heavy (non-hydrogen) atoms. The van der Waals surface area contributed by atoms with Crippen molar-refractivity contribution in [1.29, 1.82) is 0 Å². The molecule has 3 nitrogen and oxygen atoms in total. The fourth-order valence-corrected chi connectivity index (χ4v) is 0.904. The average Bonchev–Trinajstić information content (AvgIpc) is 2.49. The van der Waals surface area contributed by atoms with Crippen LogP contribution in [0.1, 0.15) is 29.4 Å². The molecule has 0 amide bonds. The Kier molecular flexibility index (Phi) is 2.40. The van der Waals surface area contributed by atoms with Crippen molar-refractivity contribution in [2.24, 2.45) is 0 Å². The number of alkyl halides is 3. The number of nitrogens with one attached hydrogen (secondary N) is 1. The SMILES string of the molecule is CCC(=O)c1cn[nH]c1C(F)(F)F. The van der Waals surface area contributed by atoms with E-state index in [1.165, 1.54) is 6.92 Å². The van der Waals surface area contributed by atoms with Gasteiger partial charge in [0.15, 0.2) is 5.78 Å². The molecule has 1 rings (SSSR count). The van der Waals surface area contributed by atoms with Gasteiger partial charge >= 0.3 is 6.18 Å². The number of H-pyrrole nitrogens is 1. The van der Waals surface area contributed by atoms with Crippen LogP contribution in [0.15, 0.2) is 6.20 Å². The van der Waals surface area contributed by atoms with Crippen LogP contribution in [0.4, 0.5) is 13.2 Å². The molecule has 1 aromatic rings. The van der Waals surface area contributed by atoms with Gasteiger partial charge in [0.1, 0.15) is 5.69 Å². The summed E-state index contributed by atoms with van der Waals surface area (Å²) in [6.45, 7) is 1.50. The number of halogens is 3. The summed E-state index contributed by atoms with van der Waals surface area (Å²) in [4.78, 5) is 11.0. The van der Waals surface area contributed by atoms with Gasteiger partial charge < -0.3 is 0 Å². The summed E-state index contributed by atoms with van der Waals surface area (Å²) in [6.07, 6.45) is -3.62. The Labute approximate surface area is 71.9 Å². The molecule has 0 aliphatic rings. The molecule has 1 heterocycles. The normalized spacial score (nSPS) is 11.7. The van der Waals surface area contributed by atoms with Gasteiger partial charge in [-0.1, -0.05) is 6.92 Å². The maximum absolute atomic E-state index is 12.2. The maximum Gasteiger partial charge on any atom is 0.433 e. The summed E-state index contributed by atoms with van der Waals surface area (Å²) in [7, 11) is 0. The largest absolute Gasteiger partial charge is 0.433 e. The van der Waals surface area contributed by atoms with Crippen LogP contribution < -0.4 is 0 Å². The predicted octanol–water partition coefficient (Wildman–Crippen LogP) is 2.02. The second-order valence-electron chi connectivity index (χ2n) is 2.43. The molecule has 6 heteroatoms. The van der Waals surface area contributed by atoms with Crippen molar-refractivity contribution in [2.75, 3.05) is 0 Å². The van der Waals surface area contributed by atoms with Crippen molar-refractivity contribution < 1.29 is 18.0 Å². The van der Waals surface area contributed by atoms with Gasteiger partial charge in [0, 0.05) is 6.42 Å². The van der Waals surface area contributed by atoms with Gasteiger partial charge in [-0.05, 0) is 0 Å². The van der Waals surface area contributed by atoms with Gasteiger partial charge in [-0.15, -0.1) is 0 Å². The number of aromatic amines is 1. The minimum Gasteiger partial charge on any atom is -0.294 e. The molecule has 0 atom stereocenters. The molecule has 0 saturated heterocycles. The highest BCUT2D eigenvalue weighted by atomic mass is 19.4. The van der Waals surface area contributed by atoms with E-state index in [9.17, 15) is 18.0 Å². The molecule has 0 spiro atoms. The number of ketones is 1. The highest BCUT2D eigenvalue weighted by molar-refractivity contribution is 5.96. The van der Waals surface area contributed by atoms with E-state index in [2.05, 4.69) is 5.10 Å². The Bertz CT molecular complexity index is 316. The number of hydrogen-bond acceptors (Lipinski definition) is 2. The summed E-state index contributed by atoms with van der Waals surface area (Å²) < 4.78 is 36.5. The number of hydrogen-bond donors (Lipinski definition) is 1. The van der Waals surface area contributed by atoms with Crippen LogP contribution in [0.2, 0.25) is 0 Å². The zero-order valence-electron chi connectivity index (χ0n) is 6.77. The van der Waals surface area contributed by atoms with Crippen LogP contribution in [-0.2, 0) is 6.18 Å². The first kappa shape index (κ1) is 9.76. The number of rotatable bonds is 2. The van der Waals surface area contributed by atoms with Crippen molar-refractivity contribution >= 4 is 5.78 Å². The van der Waals surface area contributed by atoms with Crippen molar-refractivity contribution in [3.63, 3.8) is 0 Å². The average molecular weight is 192 g/mol. The standard InChI is InChI=1S/C7H7F3N2O/c1-2-5(13)4-3-11-12-6(4)7(8,9)10/h3H,2H2,1H3,(H,11,12). The van der Waals surface area contributed by atoms with Crippen molar-refractivity contribution in [3.05, 3.63) is 17.5 Å². The summed E-state index contributed by atoms with van der Waals surface area (Å²) >= 11 is 0. The first-order valence-electron chi connectivity index (χ1n) is 3.60. The third kappa shape index (κ3) is 1.88. The van der Waals surface area contributed by atoms with Crippen molar-refractivity contribution in [2.45, 2.75) is 19.5 Å². The van der Waals surface area contributed by atoms with Crippen molar-refractivity contribution in [1.82, 2.24) is 10.2 Å². The fraction of sp³-hybridized carbons (Fsp3) is 0.429. The molecule has 1 aromatic heterocycles. The minimum absolute atomic E-state index is 0.0304. The fourth-order valence-electron chi connectivity index (χ4n) is 0.904. The smallest absolute Gasteiger partial charge is 0.294 e. The first-order valence-corrected chi connectivity index (χ1v) is 3.60. The minimum atomic E-state index is -4.54. The summed E-state index contributed by atoms with van der Waals surface area (Å²) in [5, 5.41) is 4.96. The second kappa shape index (κ2) is 3.20. The zero-order chi connectivity index (χ0) is 10.1.